The molecule has 0 saturated carbocycles. The van der Waals surface area contributed by atoms with Crippen LogP contribution in [0.15, 0.2) is 66.7 Å². The topological polar surface area (TPSA) is 53.1 Å². The summed E-state index contributed by atoms with van der Waals surface area (Å²) in [7, 11) is 1.81. The maximum Gasteiger partial charge on any atom is 0.265 e. The molecule has 0 aromatic heterocycles. The van der Waals surface area contributed by atoms with Gasteiger partial charge in [0.05, 0.1) is 21.8 Å². The van der Waals surface area contributed by atoms with Gasteiger partial charge in [-0.25, -0.2) is 0 Å². The number of halogens is 2. The van der Waals surface area contributed by atoms with Crippen molar-refractivity contribution in [3.8, 4) is 16.9 Å². The Morgan fingerprint density at radius 2 is 1.62 bits per heavy atom. The van der Waals surface area contributed by atoms with Gasteiger partial charge >= 0.3 is 0 Å². The molecule has 192 valence electrons. The second-order valence-electron chi connectivity index (χ2n) is 9.52. The van der Waals surface area contributed by atoms with E-state index < -0.39 is 0 Å². The first-order chi connectivity index (χ1) is 17.9. The molecule has 0 spiro atoms. The van der Waals surface area contributed by atoms with Crippen LogP contribution in [0.4, 0.5) is 5.69 Å². The van der Waals surface area contributed by atoms with Crippen LogP contribution in [0.5, 0.6) is 5.75 Å². The third-order valence-electron chi connectivity index (χ3n) is 7.13. The Kier molecular flexibility index (Phi) is 7.70. The van der Waals surface area contributed by atoms with Crippen molar-refractivity contribution in [2.45, 2.75) is 18.9 Å². The number of likely N-dealkylation sites (N-methyl/N-ethyl adjacent to an activating group) is 1. The van der Waals surface area contributed by atoms with Crippen LogP contribution in [0.1, 0.15) is 24.4 Å². The van der Waals surface area contributed by atoms with E-state index in [-0.39, 0.29) is 31.0 Å². The summed E-state index contributed by atoms with van der Waals surface area (Å²) in [6, 6.07) is 21.6. The molecule has 2 aliphatic rings. The smallest absolute Gasteiger partial charge is 0.265 e. The second-order valence-corrected chi connectivity index (χ2v) is 10.3. The van der Waals surface area contributed by atoms with Crippen LogP contribution in [0.25, 0.3) is 11.1 Å². The Balaban J connectivity index is 1.39. The van der Waals surface area contributed by atoms with Crippen molar-refractivity contribution >= 4 is 40.7 Å². The molecule has 1 saturated heterocycles. The van der Waals surface area contributed by atoms with Gasteiger partial charge in [-0.2, -0.15) is 0 Å². The van der Waals surface area contributed by atoms with Crippen LogP contribution in [0.2, 0.25) is 10.0 Å². The van der Waals surface area contributed by atoms with Crippen molar-refractivity contribution in [2.75, 3.05) is 44.7 Å². The minimum atomic E-state index is -0.295. The largest absolute Gasteiger partial charge is 0.482 e. The van der Waals surface area contributed by atoms with Gasteiger partial charge in [-0.3, -0.25) is 14.5 Å². The Hall–Kier alpha value is -3.06. The maximum absolute atomic E-state index is 13.6. The molecule has 1 unspecified atom stereocenters. The molecule has 2 amide bonds. The Morgan fingerprint density at radius 3 is 2.32 bits per heavy atom. The van der Waals surface area contributed by atoms with E-state index in [0.29, 0.717) is 21.5 Å². The van der Waals surface area contributed by atoms with E-state index in [1.807, 2.05) is 25.2 Å². The quantitative estimate of drug-likeness (QED) is 0.389. The number of hydrogen-bond acceptors (Lipinski definition) is 4. The molecule has 2 aliphatic heterocycles. The fourth-order valence-electron chi connectivity index (χ4n) is 4.98. The fraction of sp³-hybridized carbons (Fsp3) is 0.310. The van der Waals surface area contributed by atoms with E-state index in [9.17, 15) is 9.59 Å². The summed E-state index contributed by atoms with van der Waals surface area (Å²) < 4.78 is 5.53. The zero-order chi connectivity index (χ0) is 25.9. The number of anilines is 1. The first-order valence-electron chi connectivity index (χ1n) is 12.5. The van der Waals surface area contributed by atoms with Crippen LogP contribution < -0.4 is 9.64 Å². The SMILES string of the molecule is CN(C(=O)CN1C(=O)COc2cc(Cl)c(Cl)cc21)C(CN1CCCC1)c1ccc(-c2ccccc2)cc1. The summed E-state index contributed by atoms with van der Waals surface area (Å²) in [5.74, 6) is -0.0193. The molecule has 0 aliphatic carbocycles. The van der Waals surface area contributed by atoms with Crippen molar-refractivity contribution < 1.29 is 14.3 Å². The molecular weight excluding hydrogens is 509 g/mol. The number of carbonyl (C=O) groups is 2. The van der Waals surface area contributed by atoms with Crippen LogP contribution in [-0.2, 0) is 9.59 Å². The van der Waals surface area contributed by atoms with Gasteiger partial charge in [0.25, 0.3) is 5.91 Å². The van der Waals surface area contributed by atoms with Crippen molar-refractivity contribution in [1.82, 2.24) is 9.80 Å². The minimum Gasteiger partial charge on any atom is -0.482 e. The molecule has 37 heavy (non-hydrogen) atoms. The van der Waals surface area contributed by atoms with Crippen molar-refractivity contribution in [3.05, 3.63) is 82.3 Å². The molecule has 0 radical (unpaired) electrons. The minimum absolute atomic E-state index is 0.109. The van der Waals surface area contributed by atoms with Crippen LogP contribution in [0, 0.1) is 0 Å². The van der Waals surface area contributed by atoms with E-state index in [0.717, 1.165) is 36.3 Å². The van der Waals surface area contributed by atoms with Gasteiger partial charge in [-0.15, -0.1) is 0 Å². The highest BCUT2D eigenvalue weighted by Crippen LogP contribution is 2.39. The summed E-state index contributed by atoms with van der Waals surface area (Å²) in [6.07, 6.45) is 2.33. The van der Waals surface area contributed by atoms with Gasteiger partial charge in [-0.05, 0) is 48.7 Å². The molecule has 3 aromatic rings. The highest BCUT2D eigenvalue weighted by molar-refractivity contribution is 6.42. The fourth-order valence-corrected chi connectivity index (χ4v) is 5.29. The molecule has 0 N–H and O–H groups in total. The Labute approximate surface area is 227 Å². The summed E-state index contributed by atoms with van der Waals surface area (Å²) in [5.41, 5.74) is 3.80. The molecule has 2 heterocycles. The van der Waals surface area contributed by atoms with Gasteiger partial charge in [0.15, 0.2) is 6.61 Å². The molecule has 8 heteroatoms. The van der Waals surface area contributed by atoms with Crippen molar-refractivity contribution in [1.29, 1.82) is 0 Å². The zero-order valence-corrected chi connectivity index (χ0v) is 22.2. The first-order valence-corrected chi connectivity index (χ1v) is 13.2. The third kappa shape index (κ3) is 5.61. The molecule has 0 bridgehead atoms. The van der Waals surface area contributed by atoms with E-state index in [4.69, 9.17) is 27.9 Å². The Morgan fingerprint density at radius 1 is 0.973 bits per heavy atom. The first kappa shape index (κ1) is 25.6. The number of hydrogen-bond donors (Lipinski definition) is 0. The molecule has 5 rings (SSSR count). The lowest BCUT2D eigenvalue weighted by atomic mass is 9.99. The average Bonchev–Trinajstić information content (AvgIpc) is 3.44. The van der Waals surface area contributed by atoms with E-state index in [1.165, 1.54) is 17.7 Å². The van der Waals surface area contributed by atoms with Gasteiger partial charge in [-0.1, -0.05) is 77.8 Å². The highest BCUT2D eigenvalue weighted by Gasteiger charge is 2.32. The van der Waals surface area contributed by atoms with E-state index in [1.54, 1.807) is 17.0 Å². The molecule has 3 aromatic carbocycles. The predicted molar refractivity (Wildman–Crippen MR) is 147 cm³/mol. The lowest BCUT2D eigenvalue weighted by molar-refractivity contribution is -0.133. The molecule has 1 fully saturated rings. The number of rotatable bonds is 7. The summed E-state index contributed by atoms with van der Waals surface area (Å²) in [4.78, 5) is 32.0. The monoisotopic (exact) mass is 537 g/mol. The zero-order valence-electron chi connectivity index (χ0n) is 20.7. The number of carbonyl (C=O) groups excluding carboxylic acids is 2. The number of benzene rings is 3. The van der Waals surface area contributed by atoms with Crippen molar-refractivity contribution in [2.24, 2.45) is 0 Å². The van der Waals surface area contributed by atoms with E-state index in [2.05, 4.69) is 41.3 Å². The van der Waals surface area contributed by atoms with Gasteiger partial charge in [0.1, 0.15) is 12.3 Å². The van der Waals surface area contributed by atoms with Crippen LogP contribution >= 0.6 is 23.2 Å². The van der Waals surface area contributed by atoms with Gasteiger partial charge in [0, 0.05) is 19.7 Å². The molecule has 6 nitrogen and oxygen atoms in total. The predicted octanol–water partition coefficient (Wildman–Crippen LogP) is 5.68. The molecular formula is C29H29Cl2N3O3. The lowest BCUT2D eigenvalue weighted by Crippen LogP contribution is -2.47. The van der Waals surface area contributed by atoms with E-state index >= 15 is 0 Å². The maximum atomic E-state index is 13.6. The highest BCUT2D eigenvalue weighted by atomic mass is 35.5. The summed E-state index contributed by atoms with van der Waals surface area (Å²) in [5, 5.41) is 0.637. The average molecular weight is 538 g/mol. The number of ether oxygens (including phenoxy) is 1. The van der Waals surface area contributed by atoms with Crippen LogP contribution in [0.3, 0.4) is 0 Å². The number of amides is 2. The number of fused-ring (bicyclic) bond motifs is 1. The number of likely N-dealkylation sites (tertiary alicyclic amines) is 1. The Bertz CT molecular complexity index is 1280. The normalized spacial score (nSPS) is 16.3. The lowest BCUT2D eigenvalue weighted by Gasteiger charge is -2.35. The van der Waals surface area contributed by atoms with Gasteiger partial charge < -0.3 is 14.5 Å². The van der Waals surface area contributed by atoms with Crippen LogP contribution in [-0.4, -0.2) is 61.4 Å². The number of nitrogens with zero attached hydrogens (tertiary/aromatic N) is 3. The third-order valence-corrected chi connectivity index (χ3v) is 7.85. The standard InChI is InChI=1S/C29H29Cl2N3O3/c1-32(28(35)18-34-25-15-23(30)24(31)16-27(25)37-19-29(34)36)26(17-33-13-5-6-14-33)22-11-9-21(10-12-22)20-7-3-2-4-8-20/h2-4,7-12,15-16,26H,5-6,13-14,17-19H2,1H3. The molecule has 1 atom stereocenters. The summed E-state index contributed by atoms with van der Waals surface area (Å²) in [6.45, 7) is 2.52. The van der Waals surface area contributed by atoms with Crippen molar-refractivity contribution in [3.63, 3.8) is 0 Å². The second kappa shape index (κ2) is 11.1. The summed E-state index contributed by atoms with van der Waals surface area (Å²) >= 11 is 12.3. The van der Waals surface area contributed by atoms with Gasteiger partial charge in [0.2, 0.25) is 5.91 Å².